The molecule has 1 saturated heterocycles. The normalized spacial score (nSPS) is 19.3. The highest BCUT2D eigenvalue weighted by atomic mass is 35.5. The van der Waals surface area contributed by atoms with Crippen LogP contribution < -0.4 is 0 Å². The fraction of sp³-hybridized carbons (Fsp3) is 0.333. The van der Waals surface area contributed by atoms with Crippen molar-refractivity contribution in [3.8, 4) is 0 Å². The minimum atomic E-state index is 0.0324. The first-order valence-corrected chi connectivity index (χ1v) is 7.12. The Balaban J connectivity index is 1.75. The average Bonchev–Trinajstić information content (AvgIpc) is 3.02. The Labute approximate surface area is 114 Å². The van der Waals surface area contributed by atoms with Crippen molar-refractivity contribution >= 4 is 23.4 Å². The van der Waals surface area contributed by atoms with Gasteiger partial charge in [0.25, 0.3) is 0 Å². The molecule has 0 saturated carbocycles. The summed E-state index contributed by atoms with van der Waals surface area (Å²) >= 11 is 7.87. The third kappa shape index (κ3) is 2.53. The van der Waals surface area contributed by atoms with Gasteiger partial charge in [0, 0.05) is 10.8 Å². The van der Waals surface area contributed by atoms with E-state index < -0.39 is 0 Å². The van der Waals surface area contributed by atoms with Gasteiger partial charge in [0.15, 0.2) is 0 Å². The zero-order valence-electron chi connectivity index (χ0n) is 9.62. The van der Waals surface area contributed by atoms with E-state index in [9.17, 15) is 0 Å². The Kier molecular flexibility index (Phi) is 3.54. The first kappa shape index (κ1) is 12.0. The maximum atomic E-state index is 6.12. The highest BCUT2D eigenvalue weighted by molar-refractivity contribution is 7.99. The Hall–Kier alpha value is -1.04. The Bertz CT molecular complexity index is 540. The summed E-state index contributed by atoms with van der Waals surface area (Å²) in [6, 6.07) is 7.76. The van der Waals surface area contributed by atoms with Crippen LogP contribution in [-0.2, 0) is 11.3 Å². The van der Waals surface area contributed by atoms with Crippen molar-refractivity contribution in [1.29, 1.82) is 0 Å². The van der Waals surface area contributed by atoms with E-state index in [0.29, 0.717) is 6.54 Å². The summed E-state index contributed by atoms with van der Waals surface area (Å²) in [6.45, 7) is 1.41. The highest BCUT2D eigenvalue weighted by Crippen LogP contribution is 2.33. The van der Waals surface area contributed by atoms with E-state index in [1.54, 1.807) is 16.4 Å². The van der Waals surface area contributed by atoms with Crippen molar-refractivity contribution < 1.29 is 4.74 Å². The monoisotopic (exact) mass is 281 g/mol. The zero-order chi connectivity index (χ0) is 12.4. The molecule has 1 aromatic heterocycles. The number of hydrogen-bond acceptors (Lipinski definition) is 4. The van der Waals surface area contributed by atoms with E-state index in [-0.39, 0.29) is 5.44 Å². The molecule has 0 aliphatic carbocycles. The van der Waals surface area contributed by atoms with Gasteiger partial charge in [-0.3, -0.25) is 0 Å². The molecule has 0 spiro atoms. The summed E-state index contributed by atoms with van der Waals surface area (Å²) in [4.78, 5) is 0. The molecule has 3 rings (SSSR count). The number of aromatic nitrogens is 3. The molecule has 18 heavy (non-hydrogen) atoms. The van der Waals surface area contributed by atoms with Gasteiger partial charge < -0.3 is 4.74 Å². The van der Waals surface area contributed by atoms with Crippen LogP contribution in [0.15, 0.2) is 30.5 Å². The van der Waals surface area contributed by atoms with Crippen molar-refractivity contribution in [2.24, 2.45) is 0 Å². The third-order valence-corrected chi connectivity index (χ3v) is 4.16. The second-order valence-corrected chi connectivity index (χ2v) is 5.58. The molecule has 0 radical (unpaired) electrons. The summed E-state index contributed by atoms with van der Waals surface area (Å²) in [5.74, 6) is 1.02. The number of nitrogens with zero attached hydrogens (tertiary/aromatic N) is 3. The molecule has 1 aromatic carbocycles. The summed E-state index contributed by atoms with van der Waals surface area (Å²) in [5.41, 5.74) is 1.95. The maximum Gasteiger partial charge on any atom is 0.148 e. The van der Waals surface area contributed by atoms with Gasteiger partial charge in [-0.25, -0.2) is 4.68 Å². The van der Waals surface area contributed by atoms with Gasteiger partial charge in [-0.15, -0.1) is 16.9 Å². The van der Waals surface area contributed by atoms with Crippen molar-refractivity contribution in [3.05, 3.63) is 46.7 Å². The molecule has 1 aliphatic rings. The lowest BCUT2D eigenvalue weighted by Crippen LogP contribution is -2.00. The number of benzene rings is 1. The summed E-state index contributed by atoms with van der Waals surface area (Å²) in [6.07, 6.45) is 1.92. The molecule has 1 aliphatic heterocycles. The molecule has 4 nitrogen and oxygen atoms in total. The second-order valence-electron chi connectivity index (χ2n) is 4.01. The number of hydrogen-bond donors (Lipinski definition) is 0. The van der Waals surface area contributed by atoms with E-state index in [2.05, 4.69) is 10.3 Å². The van der Waals surface area contributed by atoms with Gasteiger partial charge in [-0.05, 0) is 11.6 Å². The van der Waals surface area contributed by atoms with Crippen LogP contribution in [0.5, 0.6) is 0 Å². The molecule has 6 heteroatoms. The maximum absolute atomic E-state index is 6.12. The lowest BCUT2D eigenvalue weighted by Gasteiger charge is -2.04. The van der Waals surface area contributed by atoms with Crippen LogP contribution in [0.4, 0.5) is 0 Å². The van der Waals surface area contributed by atoms with Gasteiger partial charge in [-0.1, -0.05) is 35.0 Å². The van der Waals surface area contributed by atoms with E-state index >= 15 is 0 Å². The minimum Gasteiger partial charge on any atom is -0.360 e. The van der Waals surface area contributed by atoms with Gasteiger partial charge in [-0.2, -0.15) is 0 Å². The van der Waals surface area contributed by atoms with Gasteiger partial charge in [0.1, 0.15) is 11.1 Å². The predicted octanol–water partition coefficient (Wildman–Crippen LogP) is 2.74. The summed E-state index contributed by atoms with van der Waals surface area (Å²) in [7, 11) is 0. The summed E-state index contributed by atoms with van der Waals surface area (Å²) in [5, 5.41) is 9.01. The number of halogens is 1. The number of thioether (sulfide) groups is 1. The highest BCUT2D eigenvalue weighted by Gasteiger charge is 2.21. The topological polar surface area (TPSA) is 39.9 Å². The molecule has 0 N–H and O–H groups in total. The SMILES string of the molecule is Clc1ccccc1Cn1cc(C2OCCS2)nn1. The van der Waals surface area contributed by atoms with Crippen LogP contribution in [0.25, 0.3) is 0 Å². The van der Waals surface area contributed by atoms with Gasteiger partial charge in [0.2, 0.25) is 0 Å². The van der Waals surface area contributed by atoms with Crippen LogP contribution in [0.1, 0.15) is 16.7 Å². The lowest BCUT2D eigenvalue weighted by atomic mass is 10.2. The van der Waals surface area contributed by atoms with Crippen LogP contribution in [0.2, 0.25) is 5.02 Å². The van der Waals surface area contributed by atoms with E-state index in [1.165, 1.54) is 0 Å². The standard InChI is InChI=1S/C12H12ClN3OS/c13-10-4-2-1-3-9(10)7-16-8-11(14-15-16)12-17-5-6-18-12/h1-4,8,12H,5-7H2. The molecule has 94 valence electrons. The predicted molar refractivity (Wildman–Crippen MR) is 71.7 cm³/mol. The Morgan fingerprint density at radius 3 is 3.11 bits per heavy atom. The average molecular weight is 282 g/mol. The molecule has 1 unspecified atom stereocenters. The zero-order valence-corrected chi connectivity index (χ0v) is 11.2. The number of ether oxygens (including phenoxy) is 1. The fourth-order valence-corrected chi connectivity index (χ4v) is 2.90. The Morgan fingerprint density at radius 1 is 1.44 bits per heavy atom. The second kappa shape index (κ2) is 5.30. The fourth-order valence-electron chi connectivity index (χ4n) is 1.83. The first-order chi connectivity index (χ1) is 8.83. The molecule has 1 fully saturated rings. The number of rotatable bonds is 3. The van der Waals surface area contributed by atoms with Crippen molar-refractivity contribution in [2.75, 3.05) is 12.4 Å². The Morgan fingerprint density at radius 2 is 2.33 bits per heavy atom. The van der Waals surface area contributed by atoms with Crippen LogP contribution in [-0.4, -0.2) is 27.4 Å². The van der Waals surface area contributed by atoms with E-state index in [0.717, 1.165) is 28.6 Å². The lowest BCUT2D eigenvalue weighted by molar-refractivity contribution is 0.142. The van der Waals surface area contributed by atoms with Gasteiger partial charge >= 0.3 is 0 Å². The molecule has 0 bridgehead atoms. The molecular formula is C12H12ClN3OS. The van der Waals surface area contributed by atoms with Crippen LogP contribution in [0.3, 0.4) is 0 Å². The van der Waals surface area contributed by atoms with E-state index in [4.69, 9.17) is 16.3 Å². The third-order valence-electron chi connectivity index (χ3n) is 2.71. The molecule has 0 amide bonds. The molecular weight excluding hydrogens is 270 g/mol. The van der Waals surface area contributed by atoms with Crippen molar-refractivity contribution in [3.63, 3.8) is 0 Å². The molecule has 2 heterocycles. The molecule has 2 aromatic rings. The van der Waals surface area contributed by atoms with Crippen molar-refractivity contribution in [2.45, 2.75) is 12.0 Å². The smallest absolute Gasteiger partial charge is 0.148 e. The van der Waals surface area contributed by atoms with Crippen molar-refractivity contribution in [1.82, 2.24) is 15.0 Å². The largest absolute Gasteiger partial charge is 0.360 e. The van der Waals surface area contributed by atoms with Crippen LogP contribution >= 0.6 is 23.4 Å². The quantitative estimate of drug-likeness (QED) is 0.867. The summed E-state index contributed by atoms with van der Waals surface area (Å²) < 4.78 is 7.34. The van der Waals surface area contributed by atoms with Gasteiger partial charge in [0.05, 0.1) is 19.3 Å². The van der Waals surface area contributed by atoms with E-state index in [1.807, 2.05) is 30.5 Å². The first-order valence-electron chi connectivity index (χ1n) is 5.69. The molecule has 1 atom stereocenters. The minimum absolute atomic E-state index is 0.0324. The van der Waals surface area contributed by atoms with Crippen LogP contribution in [0, 0.1) is 0 Å².